The molecule has 0 amide bonds. The smallest absolute Gasteiger partial charge is 0.0138 e. The van der Waals surface area contributed by atoms with E-state index in [2.05, 4.69) is 13.5 Å². The van der Waals surface area contributed by atoms with E-state index in [0.29, 0.717) is 0 Å². The van der Waals surface area contributed by atoms with Crippen molar-refractivity contribution in [3.63, 3.8) is 0 Å². The first-order chi connectivity index (χ1) is 6.33. The lowest BCUT2D eigenvalue weighted by atomic mass is 9.55. The first-order valence-corrected chi connectivity index (χ1v) is 6.01. The first-order valence-electron chi connectivity index (χ1n) is 6.01. The minimum absolute atomic E-state index is 0.935. The summed E-state index contributed by atoms with van der Waals surface area (Å²) in [6.45, 7) is 6.64. The van der Waals surface area contributed by atoms with E-state index in [9.17, 15) is 0 Å². The van der Waals surface area contributed by atoms with Gasteiger partial charge in [-0.1, -0.05) is 25.5 Å². The molecule has 0 aromatic carbocycles. The Kier molecular flexibility index (Phi) is 1.63. The molecular formula is C13H20. The van der Waals surface area contributed by atoms with Crippen LogP contribution in [-0.2, 0) is 0 Å². The van der Waals surface area contributed by atoms with Crippen molar-refractivity contribution < 1.29 is 0 Å². The summed E-state index contributed by atoms with van der Waals surface area (Å²) >= 11 is 0. The van der Waals surface area contributed by atoms with Gasteiger partial charge in [0.25, 0.3) is 0 Å². The maximum absolute atomic E-state index is 4.32. The van der Waals surface area contributed by atoms with Crippen molar-refractivity contribution in [3.8, 4) is 0 Å². The summed E-state index contributed by atoms with van der Waals surface area (Å²) in [5, 5.41) is 0. The average molecular weight is 176 g/mol. The maximum Gasteiger partial charge on any atom is -0.0138 e. The molecule has 0 spiro atoms. The van der Waals surface area contributed by atoms with Gasteiger partial charge < -0.3 is 0 Å². The van der Waals surface area contributed by atoms with E-state index >= 15 is 0 Å². The van der Waals surface area contributed by atoms with Crippen molar-refractivity contribution in [1.29, 1.82) is 0 Å². The van der Waals surface area contributed by atoms with E-state index in [0.717, 1.165) is 29.6 Å². The average Bonchev–Trinajstić information content (AvgIpc) is 2.70. The van der Waals surface area contributed by atoms with Crippen molar-refractivity contribution in [3.05, 3.63) is 12.2 Å². The molecule has 5 atom stereocenters. The zero-order chi connectivity index (χ0) is 9.00. The molecule has 0 aromatic rings. The van der Waals surface area contributed by atoms with Crippen LogP contribution in [0, 0.1) is 29.6 Å². The summed E-state index contributed by atoms with van der Waals surface area (Å²) in [6, 6.07) is 0. The number of allylic oxidation sites excluding steroid dienone is 1. The molecule has 3 aliphatic rings. The number of hydrogen-bond acceptors (Lipinski definition) is 0. The molecule has 3 fully saturated rings. The zero-order valence-corrected chi connectivity index (χ0v) is 8.63. The van der Waals surface area contributed by atoms with E-state index in [4.69, 9.17) is 0 Å². The van der Waals surface area contributed by atoms with Crippen LogP contribution in [0.5, 0.6) is 0 Å². The lowest BCUT2D eigenvalue weighted by Gasteiger charge is -2.50. The van der Waals surface area contributed by atoms with Crippen molar-refractivity contribution in [1.82, 2.24) is 0 Å². The molecule has 0 N–H and O–H groups in total. The molecule has 0 unspecified atom stereocenters. The van der Waals surface area contributed by atoms with Gasteiger partial charge in [-0.05, 0) is 55.3 Å². The summed E-state index contributed by atoms with van der Waals surface area (Å²) in [7, 11) is 0. The van der Waals surface area contributed by atoms with E-state index in [1.54, 1.807) is 18.4 Å². The first kappa shape index (κ1) is 8.08. The second-order valence-corrected chi connectivity index (χ2v) is 5.41. The van der Waals surface area contributed by atoms with Crippen LogP contribution in [0.3, 0.4) is 0 Å². The highest BCUT2D eigenvalue weighted by molar-refractivity contribution is 5.27. The van der Waals surface area contributed by atoms with Crippen molar-refractivity contribution >= 4 is 0 Å². The van der Waals surface area contributed by atoms with Gasteiger partial charge in [0.15, 0.2) is 0 Å². The van der Waals surface area contributed by atoms with Gasteiger partial charge in [0.1, 0.15) is 0 Å². The molecule has 13 heavy (non-hydrogen) atoms. The standard InChI is InChI=1S/C13H20/c1-3-4-11-8(2)12-9-5-6-10(7-9)13(11)12/h9-13H,2-7H2,1H3/t9-,10+,11-,12+,13+/m0/s1. The topological polar surface area (TPSA) is 0 Å². The van der Waals surface area contributed by atoms with Gasteiger partial charge in [0, 0.05) is 0 Å². The Morgan fingerprint density at radius 3 is 2.85 bits per heavy atom. The van der Waals surface area contributed by atoms with Crippen LogP contribution in [0.4, 0.5) is 0 Å². The SMILES string of the molecule is C=C1[C@@H]2[C@H]3CC[C@H](C3)[C@@H]2[C@H]1CCC. The summed E-state index contributed by atoms with van der Waals surface area (Å²) in [6.07, 6.45) is 7.38. The summed E-state index contributed by atoms with van der Waals surface area (Å²) < 4.78 is 0. The molecule has 0 heteroatoms. The molecule has 3 rings (SSSR count). The highest BCUT2D eigenvalue weighted by atomic mass is 14.6. The third-order valence-corrected chi connectivity index (χ3v) is 4.95. The van der Waals surface area contributed by atoms with Crippen LogP contribution < -0.4 is 0 Å². The fourth-order valence-corrected chi connectivity index (χ4v) is 4.53. The van der Waals surface area contributed by atoms with Crippen LogP contribution in [0.2, 0.25) is 0 Å². The minimum atomic E-state index is 0.935. The largest absolute Gasteiger partial charge is 0.0993 e. The molecule has 3 aliphatic carbocycles. The normalized spacial score (nSPS) is 52.1. The highest BCUT2D eigenvalue weighted by Gasteiger charge is 2.58. The summed E-state index contributed by atoms with van der Waals surface area (Å²) in [5.74, 6) is 5.18. The Labute approximate surface area is 81.4 Å². The molecular weight excluding hydrogens is 156 g/mol. The van der Waals surface area contributed by atoms with Crippen molar-refractivity contribution in [2.75, 3.05) is 0 Å². The van der Waals surface area contributed by atoms with E-state index < -0.39 is 0 Å². The third kappa shape index (κ3) is 0.872. The fourth-order valence-electron chi connectivity index (χ4n) is 4.53. The van der Waals surface area contributed by atoms with Crippen LogP contribution in [0.25, 0.3) is 0 Å². The van der Waals surface area contributed by atoms with Gasteiger partial charge in [-0.3, -0.25) is 0 Å². The zero-order valence-electron chi connectivity index (χ0n) is 8.63. The quantitative estimate of drug-likeness (QED) is 0.563. The predicted octanol–water partition coefficient (Wildman–Crippen LogP) is 3.63. The Hall–Kier alpha value is -0.260. The number of rotatable bonds is 2. The van der Waals surface area contributed by atoms with Crippen LogP contribution in [-0.4, -0.2) is 0 Å². The van der Waals surface area contributed by atoms with Gasteiger partial charge >= 0.3 is 0 Å². The van der Waals surface area contributed by atoms with E-state index in [-0.39, 0.29) is 0 Å². The van der Waals surface area contributed by atoms with Gasteiger partial charge in [-0.2, -0.15) is 0 Å². The molecule has 0 aromatic heterocycles. The molecule has 2 bridgehead atoms. The second kappa shape index (κ2) is 2.62. The van der Waals surface area contributed by atoms with Gasteiger partial charge in [0.05, 0.1) is 0 Å². The molecule has 3 saturated carbocycles. The summed E-state index contributed by atoms with van der Waals surface area (Å²) in [4.78, 5) is 0. The Morgan fingerprint density at radius 2 is 2.08 bits per heavy atom. The number of hydrogen-bond donors (Lipinski definition) is 0. The van der Waals surface area contributed by atoms with Crippen molar-refractivity contribution in [2.24, 2.45) is 29.6 Å². The van der Waals surface area contributed by atoms with Gasteiger partial charge in [-0.25, -0.2) is 0 Å². The van der Waals surface area contributed by atoms with E-state index in [1.165, 1.54) is 19.3 Å². The molecule has 0 heterocycles. The molecule has 0 nitrogen and oxygen atoms in total. The predicted molar refractivity (Wildman–Crippen MR) is 55.3 cm³/mol. The Bertz CT molecular complexity index is 240. The Morgan fingerprint density at radius 1 is 1.31 bits per heavy atom. The van der Waals surface area contributed by atoms with Gasteiger partial charge in [-0.15, -0.1) is 0 Å². The lowest BCUT2D eigenvalue weighted by molar-refractivity contribution is 0.0945. The molecule has 0 aliphatic heterocycles. The lowest BCUT2D eigenvalue weighted by Crippen LogP contribution is -2.42. The van der Waals surface area contributed by atoms with Crippen LogP contribution in [0.1, 0.15) is 39.0 Å². The molecule has 0 radical (unpaired) electrons. The number of fused-ring (bicyclic) bond motifs is 5. The second-order valence-electron chi connectivity index (χ2n) is 5.41. The fraction of sp³-hybridized carbons (Fsp3) is 0.846. The molecule has 72 valence electrons. The molecule has 0 saturated heterocycles. The van der Waals surface area contributed by atoms with Crippen LogP contribution in [0.15, 0.2) is 12.2 Å². The Balaban J connectivity index is 1.79. The highest BCUT2D eigenvalue weighted by Crippen LogP contribution is 2.66. The maximum atomic E-state index is 4.32. The van der Waals surface area contributed by atoms with Crippen LogP contribution >= 0.6 is 0 Å². The van der Waals surface area contributed by atoms with E-state index in [1.807, 2.05) is 0 Å². The monoisotopic (exact) mass is 176 g/mol. The summed E-state index contributed by atoms with van der Waals surface area (Å²) in [5.41, 5.74) is 1.64. The minimum Gasteiger partial charge on any atom is -0.0993 e. The van der Waals surface area contributed by atoms with Gasteiger partial charge in [0.2, 0.25) is 0 Å². The third-order valence-electron chi connectivity index (χ3n) is 4.95. The van der Waals surface area contributed by atoms with Crippen molar-refractivity contribution in [2.45, 2.75) is 39.0 Å².